The van der Waals surface area contributed by atoms with E-state index in [2.05, 4.69) is 0 Å². The van der Waals surface area contributed by atoms with Crippen LogP contribution in [0.2, 0.25) is 0 Å². The average molecular weight is 200 g/mol. The molecule has 4 heteroatoms. The largest absolute Gasteiger partial charge is 0.480 e. The minimum absolute atomic E-state index is 0.289. The highest BCUT2D eigenvalue weighted by Crippen LogP contribution is 2.39. The third kappa shape index (κ3) is 1.61. The first kappa shape index (κ1) is 11.0. The number of carbonyl (C=O) groups excluding carboxylic acids is 1. The third-order valence-electron chi connectivity index (χ3n) is 2.93. The van der Waals surface area contributed by atoms with Crippen molar-refractivity contribution in [2.45, 2.75) is 45.6 Å². The molecule has 0 aromatic carbocycles. The second-order valence-corrected chi connectivity index (χ2v) is 4.39. The van der Waals surface area contributed by atoms with Gasteiger partial charge in [0.15, 0.2) is 5.41 Å². The zero-order valence-corrected chi connectivity index (χ0v) is 8.79. The van der Waals surface area contributed by atoms with Crippen LogP contribution >= 0.6 is 0 Å². The van der Waals surface area contributed by atoms with Crippen LogP contribution in [0, 0.1) is 5.41 Å². The number of cyclic esters (lactones) is 1. The minimum Gasteiger partial charge on any atom is -0.480 e. The maximum absolute atomic E-state index is 11.6. The van der Waals surface area contributed by atoms with E-state index in [1.165, 1.54) is 0 Å². The summed E-state index contributed by atoms with van der Waals surface area (Å²) in [6.07, 6.45) is 1.25. The van der Waals surface area contributed by atoms with Gasteiger partial charge in [0.2, 0.25) is 0 Å². The Hall–Kier alpha value is -1.06. The number of esters is 1. The first-order chi connectivity index (χ1) is 6.34. The second kappa shape index (κ2) is 3.26. The summed E-state index contributed by atoms with van der Waals surface area (Å²) in [5.74, 6) is -1.66. The van der Waals surface area contributed by atoms with Gasteiger partial charge in [-0.3, -0.25) is 9.59 Å². The Bertz CT molecular complexity index is 269. The van der Waals surface area contributed by atoms with E-state index in [1.54, 1.807) is 20.8 Å². The lowest BCUT2D eigenvalue weighted by atomic mass is 9.76. The average Bonchev–Trinajstić information content (AvgIpc) is 2.03. The lowest BCUT2D eigenvalue weighted by molar-refractivity contribution is -0.189. The highest BCUT2D eigenvalue weighted by atomic mass is 16.6. The first-order valence-corrected chi connectivity index (χ1v) is 4.81. The zero-order chi connectivity index (χ0) is 11.0. The highest BCUT2D eigenvalue weighted by molar-refractivity contribution is 5.99. The number of carboxylic acids is 1. The molecule has 1 rings (SSSR count). The summed E-state index contributed by atoms with van der Waals surface area (Å²) in [5, 5.41) is 9.03. The summed E-state index contributed by atoms with van der Waals surface area (Å²) < 4.78 is 5.12. The van der Waals surface area contributed by atoms with E-state index in [-0.39, 0.29) is 6.42 Å². The Morgan fingerprint density at radius 3 is 2.43 bits per heavy atom. The summed E-state index contributed by atoms with van der Waals surface area (Å²) in [5.41, 5.74) is -1.83. The second-order valence-electron chi connectivity index (χ2n) is 4.39. The van der Waals surface area contributed by atoms with Crippen LogP contribution in [-0.4, -0.2) is 22.6 Å². The van der Waals surface area contributed by atoms with E-state index in [0.717, 1.165) is 0 Å². The summed E-state index contributed by atoms with van der Waals surface area (Å²) in [6.45, 7) is 5.30. The van der Waals surface area contributed by atoms with E-state index in [0.29, 0.717) is 12.8 Å². The number of hydrogen-bond acceptors (Lipinski definition) is 3. The van der Waals surface area contributed by atoms with Crippen LogP contribution < -0.4 is 0 Å². The summed E-state index contributed by atoms with van der Waals surface area (Å²) >= 11 is 0. The molecule has 0 aromatic rings. The van der Waals surface area contributed by atoms with Gasteiger partial charge in [0.25, 0.3) is 0 Å². The van der Waals surface area contributed by atoms with Gasteiger partial charge in [-0.05, 0) is 33.1 Å². The number of rotatable bonds is 2. The fourth-order valence-corrected chi connectivity index (χ4v) is 1.68. The van der Waals surface area contributed by atoms with Gasteiger partial charge >= 0.3 is 11.9 Å². The van der Waals surface area contributed by atoms with Gasteiger partial charge < -0.3 is 9.84 Å². The van der Waals surface area contributed by atoms with Gasteiger partial charge in [-0.15, -0.1) is 0 Å². The summed E-state index contributed by atoms with van der Waals surface area (Å²) in [7, 11) is 0. The van der Waals surface area contributed by atoms with Crippen LogP contribution in [0.25, 0.3) is 0 Å². The molecule has 0 spiro atoms. The van der Waals surface area contributed by atoms with Crippen molar-refractivity contribution >= 4 is 11.9 Å². The number of ether oxygens (including phenoxy) is 1. The van der Waals surface area contributed by atoms with Crippen molar-refractivity contribution < 1.29 is 19.4 Å². The van der Waals surface area contributed by atoms with E-state index < -0.39 is 23.0 Å². The number of hydrogen-bond donors (Lipinski definition) is 1. The van der Waals surface area contributed by atoms with Gasteiger partial charge in [-0.2, -0.15) is 0 Å². The highest BCUT2D eigenvalue weighted by Gasteiger charge is 2.51. The van der Waals surface area contributed by atoms with Crippen LogP contribution in [0.15, 0.2) is 0 Å². The van der Waals surface area contributed by atoms with Crippen molar-refractivity contribution in [2.24, 2.45) is 5.41 Å². The molecule has 1 unspecified atom stereocenters. The van der Waals surface area contributed by atoms with Gasteiger partial charge in [0, 0.05) is 0 Å². The Balaban J connectivity index is 2.93. The lowest BCUT2D eigenvalue weighted by Crippen LogP contribution is -2.49. The van der Waals surface area contributed by atoms with Gasteiger partial charge in [0.05, 0.1) is 0 Å². The van der Waals surface area contributed by atoms with Gasteiger partial charge in [-0.25, -0.2) is 0 Å². The van der Waals surface area contributed by atoms with Crippen molar-refractivity contribution in [3.05, 3.63) is 0 Å². The molecule has 1 saturated heterocycles. The Morgan fingerprint density at radius 1 is 1.50 bits per heavy atom. The molecule has 0 amide bonds. The predicted molar refractivity (Wildman–Crippen MR) is 49.8 cm³/mol. The van der Waals surface area contributed by atoms with Crippen molar-refractivity contribution in [2.75, 3.05) is 0 Å². The Morgan fingerprint density at radius 2 is 2.07 bits per heavy atom. The van der Waals surface area contributed by atoms with E-state index >= 15 is 0 Å². The molecule has 1 N–H and O–H groups in total. The molecule has 14 heavy (non-hydrogen) atoms. The standard InChI is InChI=1S/C10H16O4/c1-4-10(7(11)12)6-5-9(2,3)14-8(10)13/h4-6H2,1-3H3,(H,11,12). The SMILES string of the molecule is CCC1(C(=O)O)CCC(C)(C)OC1=O. The Labute approximate surface area is 83.2 Å². The molecule has 0 radical (unpaired) electrons. The van der Waals surface area contributed by atoms with Crippen LogP contribution in [-0.2, 0) is 14.3 Å². The minimum atomic E-state index is -1.31. The fraction of sp³-hybridized carbons (Fsp3) is 0.800. The topological polar surface area (TPSA) is 63.6 Å². The molecular weight excluding hydrogens is 184 g/mol. The molecule has 1 aliphatic heterocycles. The first-order valence-electron chi connectivity index (χ1n) is 4.81. The van der Waals surface area contributed by atoms with Crippen molar-refractivity contribution in [3.63, 3.8) is 0 Å². The van der Waals surface area contributed by atoms with E-state index in [9.17, 15) is 9.59 Å². The van der Waals surface area contributed by atoms with Crippen molar-refractivity contribution in [1.82, 2.24) is 0 Å². The quantitative estimate of drug-likeness (QED) is 0.543. The fourth-order valence-electron chi connectivity index (χ4n) is 1.68. The normalized spacial score (nSPS) is 30.9. The lowest BCUT2D eigenvalue weighted by Gasteiger charge is -2.38. The van der Waals surface area contributed by atoms with Gasteiger partial charge in [-0.1, -0.05) is 6.92 Å². The molecule has 1 heterocycles. The summed E-state index contributed by atoms with van der Waals surface area (Å²) in [6, 6.07) is 0. The number of carboxylic acid groups (broad SMARTS) is 1. The maximum Gasteiger partial charge on any atom is 0.323 e. The predicted octanol–water partition coefficient (Wildman–Crippen LogP) is 1.58. The van der Waals surface area contributed by atoms with Crippen molar-refractivity contribution in [1.29, 1.82) is 0 Å². The molecule has 80 valence electrons. The zero-order valence-electron chi connectivity index (χ0n) is 8.79. The monoisotopic (exact) mass is 200 g/mol. The van der Waals surface area contributed by atoms with Crippen molar-refractivity contribution in [3.8, 4) is 0 Å². The van der Waals surface area contributed by atoms with Crippen LogP contribution in [0.4, 0.5) is 0 Å². The molecule has 0 bridgehead atoms. The molecule has 0 saturated carbocycles. The van der Waals surface area contributed by atoms with E-state index in [1.807, 2.05) is 0 Å². The van der Waals surface area contributed by atoms with E-state index in [4.69, 9.17) is 9.84 Å². The molecule has 1 fully saturated rings. The molecular formula is C10H16O4. The van der Waals surface area contributed by atoms with Gasteiger partial charge in [0.1, 0.15) is 5.60 Å². The molecule has 1 aliphatic rings. The molecule has 1 atom stereocenters. The molecule has 0 aromatic heterocycles. The third-order valence-corrected chi connectivity index (χ3v) is 2.93. The summed E-state index contributed by atoms with van der Waals surface area (Å²) in [4.78, 5) is 22.6. The molecule has 4 nitrogen and oxygen atoms in total. The molecule has 0 aliphatic carbocycles. The van der Waals surface area contributed by atoms with Crippen LogP contribution in [0.1, 0.15) is 40.0 Å². The smallest absolute Gasteiger partial charge is 0.323 e. The maximum atomic E-state index is 11.6. The Kier molecular flexibility index (Phi) is 2.56. The van der Waals surface area contributed by atoms with Crippen LogP contribution in [0.3, 0.4) is 0 Å². The van der Waals surface area contributed by atoms with Crippen LogP contribution in [0.5, 0.6) is 0 Å². The number of carbonyl (C=O) groups is 2. The number of aliphatic carboxylic acids is 1.